The summed E-state index contributed by atoms with van der Waals surface area (Å²) < 4.78 is 0. The number of benzene rings is 2. The molecule has 28 heavy (non-hydrogen) atoms. The first-order valence-electron chi connectivity index (χ1n) is 8.46. The maximum absolute atomic E-state index is 10.8. The third kappa shape index (κ3) is 5.55. The first-order valence-corrected chi connectivity index (χ1v) is 9.68. The molecule has 0 saturated heterocycles. The van der Waals surface area contributed by atoms with Crippen molar-refractivity contribution in [2.45, 2.75) is 11.7 Å². The molecule has 0 aliphatic heterocycles. The molecule has 1 amide bonds. The van der Waals surface area contributed by atoms with Gasteiger partial charge in [0.15, 0.2) is 5.16 Å². The molecule has 0 spiro atoms. The number of thioether (sulfide) groups is 1. The Morgan fingerprint density at radius 2 is 1.96 bits per heavy atom. The number of carbonyl (C=O) groups is 1. The fraction of sp³-hybridized carbons (Fsp3) is 0.100. The second-order valence-electron chi connectivity index (χ2n) is 5.75. The minimum Gasteiger partial charge on any atom is -0.465 e. The van der Waals surface area contributed by atoms with E-state index in [2.05, 4.69) is 25.6 Å². The van der Waals surface area contributed by atoms with Crippen LogP contribution in [0.15, 0.2) is 70.9 Å². The molecule has 3 N–H and O–H groups in total. The summed E-state index contributed by atoms with van der Waals surface area (Å²) in [6.07, 6.45) is 4.24. The number of hydrogen-bond acceptors (Lipinski definition) is 6. The van der Waals surface area contributed by atoms with Gasteiger partial charge >= 0.3 is 6.09 Å². The number of hydrogen-bond donors (Lipinski definition) is 3. The number of anilines is 3. The Morgan fingerprint density at radius 3 is 2.71 bits per heavy atom. The van der Waals surface area contributed by atoms with Crippen LogP contribution < -0.4 is 10.6 Å². The molecule has 1 heterocycles. The van der Waals surface area contributed by atoms with Crippen LogP contribution in [0.25, 0.3) is 0 Å². The van der Waals surface area contributed by atoms with Crippen LogP contribution in [0.3, 0.4) is 0 Å². The van der Waals surface area contributed by atoms with E-state index in [0.29, 0.717) is 28.9 Å². The standard InChI is InChI=1S/C20H19N5O2S/c1-28-19-22-13-15(12-21-11-14-6-3-2-4-7-14)18(25-19)23-16-8-5-9-17(10-16)24-20(26)27/h2-10,12-13,24H,11H2,1H3,(H,26,27)(H,22,23,25). The quantitative estimate of drug-likeness (QED) is 0.307. The van der Waals surface area contributed by atoms with Crippen molar-refractivity contribution in [1.29, 1.82) is 0 Å². The molecule has 8 heteroatoms. The molecule has 7 nitrogen and oxygen atoms in total. The lowest BCUT2D eigenvalue weighted by Gasteiger charge is -2.10. The maximum atomic E-state index is 10.8. The zero-order valence-electron chi connectivity index (χ0n) is 15.2. The minimum atomic E-state index is -1.11. The van der Waals surface area contributed by atoms with Crippen LogP contribution in [0, 0.1) is 0 Å². The average molecular weight is 393 g/mol. The van der Waals surface area contributed by atoms with E-state index in [1.807, 2.05) is 42.7 Å². The highest BCUT2D eigenvalue weighted by atomic mass is 32.2. The number of nitrogens with zero attached hydrogens (tertiary/aromatic N) is 3. The van der Waals surface area contributed by atoms with Gasteiger partial charge in [-0.25, -0.2) is 14.8 Å². The third-order valence-electron chi connectivity index (χ3n) is 3.70. The van der Waals surface area contributed by atoms with Gasteiger partial charge in [-0.2, -0.15) is 0 Å². The molecule has 3 aromatic rings. The number of nitrogens with one attached hydrogen (secondary N) is 2. The summed E-state index contributed by atoms with van der Waals surface area (Å²) in [4.78, 5) is 24.2. The van der Waals surface area contributed by atoms with E-state index in [1.165, 1.54) is 11.8 Å². The molecule has 1 aromatic heterocycles. The predicted molar refractivity (Wildman–Crippen MR) is 113 cm³/mol. The first kappa shape index (κ1) is 19.4. The van der Waals surface area contributed by atoms with Crippen molar-refractivity contribution < 1.29 is 9.90 Å². The smallest absolute Gasteiger partial charge is 0.409 e. The molecule has 0 atom stereocenters. The number of aromatic nitrogens is 2. The van der Waals surface area contributed by atoms with Gasteiger partial charge in [-0.05, 0) is 30.0 Å². The van der Waals surface area contributed by atoms with E-state index < -0.39 is 6.09 Å². The lowest BCUT2D eigenvalue weighted by atomic mass is 10.2. The number of rotatable bonds is 7. The Bertz CT molecular complexity index is 979. The maximum Gasteiger partial charge on any atom is 0.409 e. The van der Waals surface area contributed by atoms with Gasteiger partial charge in [0.05, 0.1) is 12.1 Å². The topological polar surface area (TPSA) is 99.5 Å². The highest BCUT2D eigenvalue weighted by Crippen LogP contribution is 2.22. The highest BCUT2D eigenvalue weighted by Gasteiger charge is 2.07. The van der Waals surface area contributed by atoms with Crippen molar-refractivity contribution in [2.24, 2.45) is 4.99 Å². The van der Waals surface area contributed by atoms with Crippen LogP contribution in [-0.4, -0.2) is 33.6 Å². The largest absolute Gasteiger partial charge is 0.465 e. The van der Waals surface area contributed by atoms with Crippen LogP contribution in [0.1, 0.15) is 11.1 Å². The molecule has 0 fully saturated rings. The highest BCUT2D eigenvalue weighted by molar-refractivity contribution is 7.98. The van der Waals surface area contributed by atoms with E-state index in [4.69, 9.17) is 5.11 Å². The van der Waals surface area contributed by atoms with Gasteiger partial charge in [-0.3, -0.25) is 10.3 Å². The third-order valence-corrected chi connectivity index (χ3v) is 4.26. The monoisotopic (exact) mass is 393 g/mol. The molecule has 3 rings (SSSR count). The van der Waals surface area contributed by atoms with Crippen LogP contribution in [0.5, 0.6) is 0 Å². The summed E-state index contributed by atoms with van der Waals surface area (Å²) in [5.74, 6) is 0.601. The van der Waals surface area contributed by atoms with Gasteiger partial charge in [0.1, 0.15) is 5.82 Å². The second kappa shape index (κ2) is 9.52. The van der Waals surface area contributed by atoms with Crippen molar-refractivity contribution >= 4 is 41.3 Å². The number of carboxylic acid groups (broad SMARTS) is 1. The minimum absolute atomic E-state index is 0.468. The number of aliphatic imine (C=N–C) groups is 1. The molecule has 0 radical (unpaired) electrons. The van der Waals surface area contributed by atoms with Crippen molar-refractivity contribution in [3.63, 3.8) is 0 Å². The number of amides is 1. The van der Waals surface area contributed by atoms with Crippen molar-refractivity contribution in [1.82, 2.24) is 9.97 Å². The van der Waals surface area contributed by atoms with Crippen molar-refractivity contribution in [2.75, 3.05) is 16.9 Å². The molecular weight excluding hydrogens is 374 g/mol. The molecular formula is C20H19N5O2S. The van der Waals surface area contributed by atoms with Crippen LogP contribution in [0.4, 0.5) is 22.0 Å². The summed E-state index contributed by atoms with van der Waals surface area (Å²) in [6, 6.07) is 16.9. The Balaban J connectivity index is 1.82. The van der Waals surface area contributed by atoms with Gasteiger partial charge < -0.3 is 10.4 Å². The van der Waals surface area contributed by atoms with E-state index in [9.17, 15) is 4.79 Å². The van der Waals surface area contributed by atoms with E-state index >= 15 is 0 Å². The SMILES string of the molecule is CSc1ncc(C=NCc2ccccc2)c(Nc2cccc(NC(=O)O)c2)n1. The first-order chi connectivity index (χ1) is 13.6. The normalized spacial score (nSPS) is 10.8. The summed E-state index contributed by atoms with van der Waals surface area (Å²) >= 11 is 1.44. The van der Waals surface area contributed by atoms with E-state index in [-0.39, 0.29) is 0 Å². The van der Waals surface area contributed by atoms with Gasteiger partial charge in [-0.15, -0.1) is 0 Å². The fourth-order valence-corrected chi connectivity index (χ4v) is 2.78. The zero-order valence-corrected chi connectivity index (χ0v) is 16.0. The molecule has 0 aliphatic rings. The lowest BCUT2D eigenvalue weighted by Crippen LogP contribution is -2.07. The molecule has 2 aromatic carbocycles. The van der Waals surface area contributed by atoms with Gasteiger partial charge in [-0.1, -0.05) is 48.2 Å². The molecule has 0 aliphatic carbocycles. The molecule has 0 bridgehead atoms. The van der Waals surface area contributed by atoms with Crippen LogP contribution >= 0.6 is 11.8 Å². The van der Waals surface area contributed by atoms with Gasteiger partial charge in [0.2, 0.25) is 0 Å². The van der Waals surface area contributed by atoms with Crippen LogP contribution in [-0.2, 0) is 6.54 Å². The van der Waals surface area contributed by atoms with Crippen molar-refractivity contribution in [3.8, 4) is 0 Å². The van der Waals surface area contributed by atoms with E-state index in [1.54, 1.807) is 30.6 Å². The predicted octanol–water partition coefficient (Wildman–Crippen LogP) is 4.65. The summed E-state index contributed by atoms with van der Waals surface area (Å²) in [6.45, 7) is 0.558. The van der Waals surface area contributed by atoms with E-state index in [0.717, 1.165) is 11.1 Å². The Morgan fingerprint density at radius 1 is 1.18 bits per heavy atom. The Kier molecular flexibility index (Phi) is 6.59. The molecule has 0 saturated carbocycles. The summed E-state index contributed by atoms with van der Waals surface area (Å²) in [7, 11) is 0. The van der Waals surface area contributed by atoms with Crippen molar-refractivity contribution in [3.05, 3.63) is 71.9 Å². The van der Waals surface area contributed by atoms with Gasteiger partial charge in [0.25, 0.3) is 0 Å². The Labute approximate surface area is 167 Å². The molecule has 0 unspecified atom stereocenters. The lowest BCUT2D eigenvalue weighted by molar-refractivity contribution is 0.210. The molecule has 142 valence electrons. The van der Waals surface area contributed by atoms with Gasteiger partial charge in [0, 0.05) is 23.8 Å². The fourth-order valence-electron chi connectivity index (χ4n) is 2.44. The van der Waals surface area contributed by atoms with Crippen LogP contribution in [0.2, 0.25) is 0 Å². The summed E-state index contributed by atoms with van der Waals surface area (Å²) in [5, 5.41) is 15.1. The zero-order chi connectivity index (χ0) is 19.8. The summed E-state index contributed by atoms with van der Waals surface area (Å²) in [5.41, 5.74) is 3.03. The average Bonchev–Trinajstić information content (AvgIpc) is 2.69. The Hall–Kier alpha value is -3.39. The second-order valence-corrected chi connectivity index (χ2v) is 6.53.